The van der Waals surface area contributed by atoms with Crippen LogP contribution in [0.4, 0.5) is 5.13 Å². The first-order valence-electron chi connectivity index (χ1n) is 8.26. The highest BCUT2D eigenvalue weighted by atomic mass is 35.5. The second kappa shape index (κ2) is 8.36. The highest BCUT2D eigenvalue weighted by Crippen LogP contribution is 2.24. The minimum atomic E-state index is -0.206. The molecule has 0 fully saturated rings. The molecule has 0 aliphatic heterocycles. The summed E-state index contributed by atoms with van der Waals surface area (Å²) in [5.41, 5.74) is 1.14. The Balaban J connectivity index is 1.43. The van der Waals surface area contributed by atoms with Gasteiger partial charge in [0.15, 0.2) is 15.7 Å². The smallest absolute Gasteiger partial charge is 0.246 e. The fourth-order valence-electron chi connectivity index (χ4n) is 2.61. The van der Waals surface area contributed by atoms with Crippen molar-refractivity contribution in [3.63, 3.8) is 0 Å². The third kappa shape index (κ3) is 4.39. The van der Waals surface area contributed by atoms with E-state index in [0.29, 0.717) is 20.7 Å². The number of anilines is 1. The summed E-state index contributed by atoms with van der Waals surface area (Å²) < 4.78 is 2.08. The number of halogens is 1. The molecule has 0 atom stereocenters. The van der Waals surface area contributed by atoms with Crippen LogP contribution in [0.2, 0.25) is 5.02 Å². The van der Waals surface area contributed by atoms with Crippen molar-refractivity contribution < 1.29 is 4.79 Å². The van der Waals surface area contributed by atoms with Crippen LogP contribution >= 0.6 is 46.5 Å². The fraction of sp³-hybridized carbons (Fsp3) is 0.111. The van der Waals surface area contributed by atoms with Crippen molar-refractivity contribution in [3.8, 4) is 10.7 Å². The second-order valence-electron chi connectivity index (χ2n) is 5.90. The maximum Gasteiger partial charge on any atom is 0.246 e. The number of thiophene rings is 1. The molecule has 4 rings (SSSR count). The van der Waals surface area contributed by atoms with E-state index in [9.17, 15) is 4.79 Å². The molecule has 0 bridgehead atoms. The zero-order valence-corrected chi connectivity index (χ0v) is 17.6. The van der Waals surface area contributed by atoms with Gasteiger partial charge in [0.25, 0.3) is 0 Å². The average Bonchev–Trinajstić information content (AvgIpc) is 3.41. The summed E-state index contributed by atoms with van der Waals surface area (Å²) in [6, 6.07) is 11.6. The van der Waals surface area contributed by atoms with Crippen molar-refractivity contribution in [1.82, 2.24) is 19.7 Å². The lowest BCUT2D eigenvalue weighted by molar-refractivity contribution is -0.116. The number of thiazole rings is 1. The van der Waals surface area contributed by atoms with E-state index < -0.39 is 0 Å². The van der Waals surface area contributed by atoms with Gasteiger partial charge in [0.1, 0.15) is 6.54 Å². The van der Waals surface area contributed by atoms with Gasteiger partial charge in [-0.25, -0.2) is 4.98 Å². The Morgan fingerprint density at radius 2 is 2.11 bits per heavy atom. The van der Waals surface area contributed by atoms with Gasteiger partial charge in [-0.15, -0.1) is 22.7 Å². The van der Waals surface area contributed by atoms with Crippen LogP contribution < -0.4 is 5.32 Å². The molecule has 0 radical (unpaired) electrons. The lowest BCUT2D eigenvalue weighted by atomic mass is 10.1. The van der Waals surface area contributed by atoms with Gasteiger partial charge in [-0.1, -0.05) is 29.8 Å². The Kier molecular flexibility index (Phi) is 5.67. The first-order chi connectivity index (χ1) is 13.6. The van der Waals surface area contributed by atoms with Gasteiger partial charge in [0.2, 0.25) is 5.91 Å². The van der Waals surface area contributed by atoms with E-state index in [2.05, 4.69) is 20.5 Å². The Morgan fingerprint density at radius 3 is 2.86 bits per heavy atom. The number of aromatic nitrogens is 4. The number of hydrogen-bond donors (Lipinski definition) is 2. The Hall–Kier alpha value is -2.33. The SMILES string of the molecule is O=C(Cn1c(-c2cccs2)n[nH]c1=S)Nc1ncc(Cc2ccc(Cl)cc2)s1. The molecule has 0 aliphatic rings. The van der Waals surface area contributed by atoms with E-state index in [-0.39, 0.29) is 12.5 Å². The van der Waals surface area contributed by atoms with Crippen molar-refractivity contribution >= 4 is 57.5 Å². The molecular formula is C18H14ClN5OS3. The molecule has 6 nitrogen and oxygen atoms in total. The zero-order chi connectivity index (χ0) is 19.5. The van der Waals surface area contributed by atoms with Crippen LogP contribution in [0.5, 0.6) is 0 Å². The van der Waals surface area contributed by atoms with E-state index in [1.54, 1.807) is 10.8 Å². The molecule has 2 N–H and O–H groups in total. The van der Waals surface area contributed by atoms with Crippen molar-refractivity contribution in [2.24, 2.45) is 0 Å². The van der Waals surface area contributed by atoms with E-state index in [1.807, 2.05) is 41.8 Å². The number of aromatic amines is 1. The number of amides is 1. The van der Waals surface area contributed by atoms with Gasteiger partial charge in [0, 0.05) is 22.5 Å². The predicted molar refractivity (Wildman–Crippen MR) is 116 cm³/mol. The minimum absolute atomic E-state index is 0.0642. The molecule has 3 aromatic heterocycles. The molecule has 0 saturated carbocycles. The molecule has 4 aromatic rings. The largest absolute Gasteiger partial charge is 0.300 e. The van der Waals surface area contributed by atoms with Gasteiger partial charge < -0.3 is 5.32 Å². The number of rotatable bonds is 6. The van der Waals surface area contributed by atoms with Crippen LogP contribution in [0.15, 0.2) is 48.0 Å². The summed E-state index contributed by atoms with van der Waals surface area (Å²) in [6.45, 7) is 0.0642. The standard InChI is InChI=1S/C18H14ClN5OS3/c19-12-5-3-11(4-6-12)8-13-9-20-17(28-13)21-15(25)10-24-16(22-23-18(24)26)14-2-1-7-27-14/h1-7,9H,8,10H2,(H,23,26)(H,20,21,25). The number of H-pyrrole nitrogens is 1. The van der Waals surface area contributed by atoms with Crippen LogP contribution in [0, 0.1) is 4.77 Å². The summed E-state index contributed by atoms with van der Waals surface area (Å²) >= 11 is 14.2. The molecule has 0 spiro atoms. The van der Waals surface area contributed by atoms with Gasteiger partial charge in [-0.05, 0) is 41.4 Å². The van der Waals surface area contributed by atoms with E-state index in [0.717, 1.165) is 21.7 Å². The lowest BCUT2D eigenvalue weighted by Gasteiger charge is -2.05. The molecule has 0 saturated heterocycles. The number of carbonyl (C=O) groups excluding carboxylic acids is 1. The quantitative estimate of drug-likeness (QED) is 0.407. The molecule has 1 amide bonds. The van der Waals surface area contributed by atoms with Crippen molar-refractivity contribution in [1.29, 1.82) is 0 Å². The third-order valence-corrected chi connectivity index (χ3v) is 6.24. The number of benzene rings is 1. The molecular weight excluding hydrogens is 434 g/mol. The number of hydrogen-bond acceptors (Lipinski definition) is 6. The Bertz CT molecular complexity index is 1140. The van der Waals surface area contributed by atoms with Crippen LogP contribution in [0.3, 0.4) is 0 Å². The normalized spacial score (nSPS) is 10.9. The highest BCUT2D eigenvalue weighted by Gasteiger charge is 2.14. The van der Waals surface area contributed by atoms with Gasteiger partial charge in [-0.2, -0.15) is 5.10 Å². The summed E-state index contributed by atoms with van der Waals surface area (Å²) in [4.78, 5) is 18.8. The predicted octanol–water partition coefficient (Wildman–Crippen LogP) is 5.01. The zero-order valence-electron chi connectivity index (χ0n) is 14.4. The number of nitrogens with one attached hydrogen (secondary N) is 2. The molecule has 28 heavy (non-hydrogen) atoms. The number of nitrogens with zero attached hydrogens (tertiary/aromatic N) is 3. The first-order valence-corrected chi connectivity index (χ1v) is 10.7. The van der Waals surface area contributed by atoms with Crippen molar-refractivity contribution in [2.45, 2.75) is 13.0 Å². The van der Waals surface area contributed by atoms with E-state index >= 15 is 0 Å². The highest BCUT2D eigenvalue weighted by molar-refractivity contribution is 7.71. The summed E-state index contributed by atoms with van der Waals surface area (Å²) in [7, 11) is 0. The summed E-state index contributed by atoms with van der Waals surface area (Å²) in [5, 5.41) is 13.0. The molecule has 1 aromatic carbocycles. The maximum atomic E-state index is 12.5. The molecule has 0 aliphatic carbocycles. The van der Waals surface area contributed by atoms with E-state index in [4.69, 9.17) is 23.8 Å². The first kappa shape index (κ1) is 19.0. The fourth-order valence-corrected chi connectivity index (χ4v) is 4.52. The molecule has 10 heteroatoms. The average molecular weight is 448 g/mol. The number of carbonyl (C=O) groups is 1. The molecule has 0 unspecified atom stereocenters. The Labute approximate surface area is 178 Å². The molecule has 3 heterocycles. The van der Waals surface area contributed by atoms with Crippen LogP contribution in [0.1, 0.15) is 10.4 Å². The minimum Gasteiger partial charge on any atom is -0.300 e. The lowest BCUT2D eigenvalue weighted by Crippen LogP contribution is -2.19. The maximum absolute atomic E-state index is 12.5. The van der Waals surface area contributed by atoms with Gasteiger partial charge in [0.05, 0.1) is 4.88 Å². The second-order valence-corrected chi connectivity index (χ2v) is 8.78. The van der Waals surface area contributed by atoms with Gasteiger partial charge >= 0.3 is 0 Å². The van der Waals surface area contributed by atoms with Crippen molar-refractivity contribution in [3.05, 3.63) is 68.2 Å². The van der Waals surface area contributed by atoms with Crippen LogP contribution in [0.25, 0.3) is 10.7 Å². The monoisotopic (exact) mass is 447 g/mol. The van der Waals surface area contributed by atoms with Crippen LogP contribution in [-0.4, -0.2) is 25.7 Å². The van der Waals surface area contributed by atoms with E-state index in [1.165, 1.54) is 22.7 Å². The third-order valence-electron chi connectivity index (χ3n) is 3.89. The Morgan fingerprint density at radius 1 is 1.29 bits per heavy atom. The van der Waals surface area contributed by atoms with Gasteiger partial charge in [-0.3, -0.25) is 14.5 Å². The topological polar surface area (TPSA) is 75.6 Å². The summed E-state index contributed by atoms with van der Waals surface area (Å²) in [5.74, 6) is 0.445. The van der Waals surface area contributed by atoms with Crippen LogP contribution in [-0.2, 0) is 17.8 Å². The summed E-state index contributed by atoms with van der Waals surface area (Å²) in [6.07, 6.45) is 2.51. The molecule has 142 valence electrons. The van der Waals surface area contributed by atoms with Crippen molar-refractivity contribution in [2.75, 3.05) is 5.32 Å².